The summed E-state index contributed by atoms with van der Waals surface area (Å²) < 4.78 is 36.6. The van der Waals surface area contributed by atoms with Crippen LogP contribution in [0.25, 0.3) is 22.2 Å². The number of nitrogens with zero attached hydrogens (tertiary/aromatic N) is 3. The molecule has 0 radical (unpaired) electrons. The topological polar surface area (TPSA) is 152 Å². The first-order chi connectivity index (χ1) is 27.4. The van der Waals surface area contributed by atoms with E-state index in [0.29, 0.717) is 25.3 Å². The second kappa shape index (κ2) is 15.3. The summed E-state index contributed by atoms with van der Waals surface area (Å²) in [6, 6.07) is 24.5. The fraction of sp³-hybridized carbons (Fsp3) is 0.455. The van der Waals surface area contributed by atoms with Gasteiger partial charge in [0, 0.05) is 29.6 Å². The number of imidazole rings is 1. The molecular weight excluding hydrogens is 741 g/mol. The number of carbonyl (C=O) groups excluding carboxylic acids is 3. The molecule has 0 bridgehead atoms. The Labute approximate surface area is 334 Å². The second-order valence-corrected chi connectivity index (χ2v) is 18.9. The molecule has 1 saturated heterocycles. The number of nitrogens with one attached hydrogen (secondary N) is 3. The van der Waals surface area contributed by atoms with Crippen LogP contribution >= 0.6 is 0 Å². The van der Waals surface area contributed by atoms with E-state index in [0.717, 1.165) is 53.5 Å². The molecule has 2 aliphatic carbocycles. The highest BCUT2D eigenvalue weighted by Crippen LogP contribution is 2.47. The van der Waals surface area contributed by atoms with Crippen molar-refractivity contribution in [3.8, 4) is 17.1 Å². The Morgan fingerprint density at radius 1 is 0.965 bits per heavy atom. The lowest BCUT2D eigenvalue weighted by molar-refractivity contribution is -0.140. The zero-order valence-corrected chi connectivity index (χ0v) is 33.6. The van der Waals surface area contributed by atoms with E-state index in [1.54, 1.807) is 11.8 Å². The van der Waals surface area contributed by atoms with Gasteiger partial charge < -0.3 is 20.3 Å². The molecule has 3 aromatic carbocycles. The van der Waals surface area contributed by atoms with Crippen molar-refractivity contribution in [3.63, 3.8) is 0 Å². The quantitative estimate of drug-likeness (QED) is 0.163. The molecule has 1 aromatic heterocycles. The third-order valence-corrected chi connectivity index (χ3v) is 14.3. The first kappa shape index (κ1) is 38.7. The normalized spacial score (nSPS) is 26.1. The van der Waals surface area contributed by atoms with E-state index >= 15 is 0 Å². The minimum atomic E-state index is -3.96. The van der Waals surface area contributed by atoms with Crippen molar-refractivity contribution in [1.29, 1.82) is 0 Å². The molecule has 57 heavy (non-hydrogen) atoms. The smallest absolute Gasteiger partial charge is 0.297 e. The maximum Gasteiger partial charge on any atom is 0.297 e. The lowest BCUT2D eigenvalue weighted by atomic mass is 10.0. The highest BCUT2D eigenvalue weighted by Gasteiger charge is 2.63. The Balaban J connectivity index is 1.13. The summed E-state index contributed by atoms with van der Waals surface area (Å²) in [5.74, 6) is -1.89. The maximum absolute atomic E-state index is 14.8. The van der Waals surface area contributed by atoms with Crippen molar-refractivity contribution in [2.24, 2.45) is 5.92 Å². The Bertz CT molecular complexity index is 2290. The highest BCUT2D eigenvalue weighted by atomic mass is 32.2. The number of fused-ring (bicyclic) bond motifs is 3. The summed E-state index contributed by atoms with van der Waals surface area (Å²) in [5.41, 5.74) is 3.03. The second-order valence-electron chi connectivity index (χ2n) is 16.7. The SMILES string of the molecule is CC(C)n1c(O[C@@H]2C[C@H]3C(=O)N[C@]4(C(=O)NS(=O)(=O)C5(C)CC5)C[C@H]4C=CCCCCC[C@H](Nc4ccccc4)C(=O)N3C2)nc2c(-c3ccccc3)cccc21. The van der Waals surface area contributed by atoms with Gasteiger partial charge in [-0.05, 0) is 83.1 Å². The highest BCUT2D eigenvalue weighted by molar-refractivity contribution is 7.91. The van der Waals surface area contributed by atoms with Gasteiger partial charge in [0.15, 0.2) is 0 Å². The number of anilines is 1. The van der Waals surface area contributed by atoms with E-state index in [9.17, 15) is 22.8 Å². The van der Waals surface area contributed by atoms with E-state index in [-0.39, 0.29) is 37.3 Å². The molecule has 4 aliphatic rings. The fourth-order valence-electron chi connectivity index (χ4n) is 8.36. The third-order valence-electron chi connectivity index (χ3n) is 12.2. The van der Waals surface area contributed by atoms with E-state index in [4.69, 9.17) is 9.72 Å². The van der Waals surface area contributed by atoms with Gasteiger partial charge in [0.25, 0.3) is 11.9 Å². The van der Waals surface area contributed by atoms with Gasteiger partial charge in [-0.2, -0.15) is 4.98 Å². The Morgan fingerprint density at radius 3 is 2.42 bits per heavy atom. The summed E-state index contributed by atoms with van der Waals surface area (Å²) in [5, 5.41) is 6.43. The van der Waals surface area contributed by atoms with Gasteiger partial charge in [0.1, 0.15) is 29.2 Å². The molecular formula is C44H52N6O6S. The standard InChI is InChI=1S/C44H52N6O6S/c1-29(2)50-36-23-15-21-34(30-16-9-7-10-17-30)38(36)46-42(50)56-33-26-37-39(51)47-44(41(53)48-57(54,55)43(3)24-25-43)27-31(44)18-11-5-4-6-14-22-35(40(52)49(37)28-33)45-32-19-12-8-13-20-32/h7-13,15-21,23,29,31,33,35,37,45H,4-6,14,22,24-28H2,1-3H3,(H,47,51)(H,48,53)/t31-,33-,35+,37+,44-/m1/s1. The monoisotopic (exact) mass is 792 g/mol. The summed E-state index contributed by atoms with van der Waals surface area (Å²) >= 11 is 0. The average Bonchev–Trinajstić information content (AvgIpc) is 4.02. The van der Waals surface area contributed by atoms with Crippen LogP contribution in [0.15, 0.2) is 91.0 Å². The molecule has 12 nitrogen and oxygen atoms in total. The van der Waals surface area contributed by atoms with Crippen molar-refractivity contribution in [2.75, 3.05) is 11.9 Å². The molecule has 13 heteroatoms. The molecule has 3 N–H and O–H groups in total. The fourth-order valence-corrected chi connectivity index (χ4v) is 9.67. The number of allylic oxidation sites excluding steroid dienone is 1. The minimum Gasteiger partial charge on any atom is -0.459 e. The van der Waals surface area contributed by atoms with Crippen molar-refractivity contribution in [1.82, 2.24) is 24.5 Å². The van der Waals surface area contributed by atoms with E-state index in [2.05, 4.69) is 29.2 Å². The van der Waals surface area contributed by atoms with Crippen LogP contribution in [0.4, 0.5) is 5.69 Å². The van der Waals surface area contributed by atoms with Gasteiger partial charge in [0.2, 0.25) is 21.8 Å². The molecule has 2 saturated carbocycles. The largest absolute Gasteiger partial charge is 0.459 e. The van der Waals surface area contributed by atoms with E-state index < -0.39 is 50.3 Å². The molecule has 3 amide bonds. The number of amides is 3. The van der Waals surface area contributed by atoms with Crippen molar-refractivity contribution >= 4 is 44.5 Å². The lowest BCUT2D eigenvalue weighted by Gasteiger charge is -2.30. The predicted molar refractivity (Wildman–Crippen MR) is 220 cm³/mol. The van der Waals surface area contributed by atoms with Crippen molar-refractivity contribution in [3.05, 3.63) is 91.0 Å². The summed E-state index contributed by atoms with van der Waals surface area (Å²) in [6.45, 7) is 5.87. The predicted octanol–water partition coefficient (Wildman–Crippen LogP) is 6.51. The van der Waals surface area contributed by atoms with Crippen molar-refractivity contribution in [2.45, 2.75) is 113 Å². The minimum absolute atomic E-state index is 0.0142. The number of hydrogen-bond donors (Lipinski definition) is 3. The molecule has 3 fully saturated rings. The van der Waals surface area contributed by atoms with Gasteiger partial charge >= 0.3 is 0 Å². The number of hydrogen-bond acceptors (Lipinski definition) is 8. The van der Waals surface area contributed by atoms with Gasteiger partial charge in [-0.3, -0.25) is 23.7 Å². The van der Waals surface area contributed by atoms with E-state index in [1.807, 2.05) is 95.6 Å². The maximum atomic E-state index is 14.8. The molecule has 4 aromatic rings. The van der Waals surface area contributed by atoms with Gasteiger partial charge in [-0.15, -0.1) is 0 Å². The summed E-state index contributed by atoms with van der Waals surface area (Å²) in [6.07, 6.45) is 8.58. The molecule has 300 valence electrons. The number of sulfonamides is 1. The van der Waals surface area contributed by atoms with Crippen LogP contribution in [0.2, 0.25) is 0 Å². The van der Waals surface area contributed by atoms with Gasteiger partial charge in [-0.25, -0.2) is 8.42 Å². The average molecular weight is 793 g/mol. The van der Waals surface area contributed by atoms with Crippen LogP contribution in [0, 0.1) is 5.92 Å². The first-order valence-corrected chi connectivity index (χ1v) is 21.8. The molecule has 3 heterocycles. The zero-order chi connectivity index (χ0) is 40.0. The third kappa shape index (κ3) is 7.65. The Kier molecular flexibility index (Phi) is 10.4. The first-order valence-electron chi connectivity index (χ1n) is 20.3. The van der Waals surface area contributed by atoms with Crippen LogP contribution in [0.5, 0.6) is 6.01 Å². The number of para-hydroxylation sites is 2. The van der Waals surface area contributed by atoms with E-state index in [1.165, 1.54) is 0 Å². The van der Waals surface area contributed by atoms with Crippen molar-refractivity contribution < 1.29 is 27.5 Å². The number of rotatable bonds is 9. The van der Waals surface area contributed by atoms with Crippen LogP contribution in [0.3, 0.4) is 0 Å². The van der Waals surface area contributed by atoms with Crippen LogP contribution < -0.4 is 20.1 Å². The molecule has 0 spiro atoms. The Morgan fingerprint density at radius 2 is 1.70 bits per heavy atom. The van der Waals surface area contributed by atoms with Crippen LogP contribution in [-0.2, 0) is 24.4 Å². The Hall–Kier alpha value is -5.17. The molecule has 2 aliphatic heterocycles. The lowest BCUT2D eigenvalue weighted by Crippen LogP contribution is -2.58. The van der Waals surface area contributed by atoms with Gasteiger partial charge in [0.05, 0.1) is 16.8 Å². The number of aromatic nitrogens is 2. The zero-order valence-electron chi connectivity index (χ0n) is 32.8. The number of benzene rings is 3. The van der Waals surface area contributed by atoms with Crippen LogP contribution in [0.1, 0.15) is 84.6 Å². The summed E-state index contributed by atoms with van der Waals surface area (Å²) in [4.78, 5) is 50.0. The van der Waals surface area contributed by atoms with Gasteiger partial charge in [-0.1, -0.05) is 85.7 Å². The molecule has 0 unspecified atom stereocenters. The molecule has 5 atom stereocenters. The number of ether oxygens (including phenoxy) is 1. The molecule has 8 rings (SSSR count). The van der Waals surface area contributed by atoms with Crippen LogP contribution in [-0.4, -0.2) is 75.6 Å². The summed E-state index contributed by atoms with van der Waals surface area (Å²) in [7, 11) is -3.96. The number of carbonyl (C=O) groups is 3.